The smallest absolute Gasteiger partial charge is 0.266 e. The van der Waals surface area contributed by atoms with Crippen LogP contribution < -0.4 is 4.90 Å². The van der Waals surface area contributed by atoms with Gasteiger partial charge in [-0.1, -0.05) is 18.2 Å². The number of anilines is 1. The Morgan fingerprint density at radius 1 is 0.857 bits per heavy atom. The van der Waals surface area contributed by atoms with E-state index >= 15 is 0 Å². The minimum Gasteiger partial charge on any atom is -0.268 e. The Hall–Kier alpha value is -3.02. The molecule has 0 radical (unpaired) electrons. The molecular weight excluding hydrogens is 268 g/mol. The number of fused-ring (bicyclic) bond motifs is 2. The van der Waals surface area contributed by atoms with E-state index in [9.17, 15) is 9.59 Å². The molecule has 1 aromatic heterocycles. The second kappa shape index (κ2) is 3.99. The second-order valence-corrected chi connectivity index (χ2v) is 4.83. The first kappa shape index (κ1) is 11.8. The average Bonchev–Trinajstić information content (AvgIpc) is 2.98. The van der Waals surface area contributed by atoms with E-state index in [2.05, 4.69) is 10.2 Å². The summed E-state index contributed by atoms with van der Waals surface area (Å²) in [5.41, 5.74) is 2.49. The van der Waals surface area contributed by atoms with Gasteiger partial charge in [0.05, 0.1) is 16.8 Å². The lowest BCUT2D eigenvalue weighted by atomic mass is 10.1. The third-order valence-corrected chi connectivity index (χ3v) is 3.53. The van der Waals surface area contributed by atoms with E-state index in [0.717, 1.165) is 0 Å². The molecule has 0 saturated carbocycles. The highest BCUT2D eigenvalue weighted by atomic mass is 16.2. The summed E-state index contributed by atoms with van der Waals surface area (Å²) < 4.78 is 0. The Bertz CT molecular complexity index is 878. The maximum atomic E-state index is 12.5. The fraction of sp³-hybridized carbons (Fsp3) is 0.0667. The van der Waals surface area contributed by atoms with Gasteiger partial charge in [0.25, 0.3) is 11.8 Å². The fourth-order valence-corrected chi connectivity index (χ4v) is 2.61. The molecule has 0 unspecified atom stereocenters. The standard InChI is InChI=1S/C15H10N4O2/c1-18-16-11-7-4-8-12(13(11)17-18)19-14(20)9-5-2-3-6-10(9)15(19)21/h2-8H,1H3. The highest BCUT2D eigenvalue weighted by molar-refractivity contribution is 6.35. The number of aromatic nitrogens is 3. The third kappa shape index (κ3) is 1.53. The van der Waals surface area contributed by atoms with Crippen molar-refractivity contribution in [1.29, 1.82) is 0 Å². The van der Waals surface area contributed by atoms with Gasteiger partial charge in [0.15, 0.2) is 0 Å². The Kier molecular flexibility index (Phi) is 2.24. The van der Waals surface area contributed by atoms with Gasteiger partial charge < -0.3 is 0 Å². The molecule has 2 amide bonds. The van der Waals surface area contributed by atoms with Crippen molar-refractivity contribution in [2.75, 3.05) is 4.90 Å². The van der Waals surface area contributed by atoms with E-state index in [4.69, 9.17) is 0 Å². The van der Waals surface area contributed by atoms with Crippen molar-refractivity contribution in [3.05, 3.63) is 53.6 Å². The lowest BCUT2D eigenvalue weighted by Gasteiger charge is -2.13. The van der Waals surface area contributed by atoms with Crippen molar-refractivity contribution in [2.45, 2.75) is 0 Å². The molecule has 2 aromatic carbocycles. The van der Waals surface area contributed by atoms with Crippen LogP contribution in [0.5, 0.6) is 0 Å². The van der Waals surface area contributed by atoms with Gasteiger partial charge in [-0.05, 0) is 24.3 Å². The zero-order chi connectivity index (χ0) is 14.6. The van der Waals surface area contributed by atoms with Crippen LogP contribution in [0.25, 0.3) is 11.0 Å². The molecule has 2 heterocycles. The predicted molar refractivity (Wildman–Crippen MR) is 76.1 cm³/mol. The van der Waals surface area contributed by atoms with Crippen molar-refractivity contribution in [3.63, 3.8) is 0 Å². The number of imide groups is 1. The quantitative estimate of drug-likeness (QED) is 0.636. The van der Waals surface area contributed by atoms with Gasteiger partial charge in [-0.2, -0.15) is 15.0 Å². The molecule has 0 aliphatic carbocycles. The normalized spacial score (nSPS) is 14.0. The van der Waals surface area contributed by atoms with Crippen LogP contribution >= 0.6 is 0 Å². The molecular formula is C15H10N4O2. The van der Waals surface area contributed by atoms with Crippen LogP contribution in [0.3, 0.4) is 0 Å². The molecule has 6 heteroatoms. The lowest BCUT2D eigenvalue weighted by Crippen LogP contribution is -2.29. The van der Waals surface area contributed by atoms with Crippen LogP contribution in [0.15, 0.2) is 42.5 Å². The van der Waals surface area contributed by atoms with Crippen LogP contribution in [0.4, 0.5) is 5.69 Å². The minimum absolute atomic E-state index is 0.325. The number of nitrogens with zero attached hydrogens (tertiary/aromatic N) is 4. The van der Waals surface area contributed by atoms with Gasteiger partial charge in [0.2, 0.25) is 0 Å². The first-order valence-corrected chi connectivity index (χ1v) is 6.44. The van der Waals surface area contributed by atoms with E-state index in [1.165, 1.54) is 9.70 Å². The van der Waals surface area contributed by atoms with Crippen molar-refractivity contribution < 1.29 is 9.59 Å². The van der Waals surface area contributed by atoms with E-state index in [-0.39, 0.29) is 11.8 Å². The number of aryl methyl sites for hydroxylation is 1. The Balaban J connectivity index is 1.95. The molecule has 4 rings (SSSR count). The number of hydrogen-bond acceptors (Lipinski definition) is 4. The van der Waals surface area contributed by atoms with Crippen molar-refractivity contribution in [1.82, 2.24) is 15.0 Å². The largest absolute Gasteiger partial charge is 0.268 e. The number of carbonyl (C=O) groups is 2. The van der Waals surface area contributed by atoms with E-state index < -0.39 is 0 Å². The number of benzene rings is 2. The zero-order valence-corrected chi connectivity index (χ0v) is 11.1. The van der Waals surface area contributed by atoms with Gasteiger partial charge in [0.1, 0.15) is 11.0 Å². The predicted octanol–water partition coefficient (Wildman–Crippen LogP) is 1.77. The third-order valence-electron chi connectivity index (χ3n) is 3.53. The molecule has 0 saturated heterocycles. The molecule has 0 atom stereocenters. The van der Waals surface area contributed by atoms with Crippen LogP contribution in [0, 0.1) is 0 Å². The van der Waals surface area contributed by atoms with Gasteiger partial charge in [0, 0.05) is 7.05 Å². The summed E-state index contributed by atoms with van der Waals surface area (Å²) >= 11 is 0. The molecule has 0 bridgehead atoms. The molecule has 1 aliphatic heterocycles. The topological polar surface area (TPSA) is 68.1 Å². The summed E-state index contributed by atoms with van der Waals surface area (Å²) in [7, 11) is 1.70. The molecule has 6 nitrogen and oxygen atoms in total. The summed E-state index contributed by atoms with van der Waals surface area (Å²) in [6.45, 7) is 0. The Morgan fingerprint density at radius 3 is 2.19 bits per heavy atom. The summed E-state index contributed by atoms with van der Waals surface area (Å²) in [4.78, 5) is 27.6. The van der Waals surface area contributed by atoms with Gasteiger partial charge in [-0.15, -0.1) is 0 Å². The minimum atomic E-state index is -0.325. The molecule has 21 heavy (non-hydrogen) atoms. The van der Waals surface area contributed by atoms with E-state index in [0.29, 0.717) is 27.8 Å². The summed E-state index contributed by atoms with van der Waals surface area (Å²) in [6.07, 6.45) is 0. The number of amides is 2. The number of hydrogen-bond donors (Lipinski definition) is 0. The van der Waals surface area contributed by atoms with E-state index in [1.807, 2.05) is 0 Å². The van der Waals surface area contributed by atoms with Crippen LogP contribution in [-0.2, 0) is 7.05 Å². The van der Waals surface area contributed by atoms with Crippen LogP contribution in [0.2, 0.25) is 0 Å². The van der Waals surface area contributed by atoms with Crippen molar-refractivity contribution >= 4 is 28.5 Å². The molecule has 3 aromatic rings. The first-order chi connectivity index (χ1) is 10.2. The van der Waals surface area contributed by atoms with Gasteiger partial charge in [-0.25, -0.2) is 4.90 Å². The van der Waals surface area contributed by atoms with Gasteiger partial charge in [-0.3, -0.25) is 9.59 Å². The summed E-state index contributed by atoms with van der Waals surface area (Å²) in [5.74, 6) is -0.650. The maximum Gasteiger partial charge on any atom is 0.266 e. The Morgan fingerprint density at radius 2 is 1.52 bits per heavy atom. The van der Waals surface area contributed by atoms with Crippen LogP contribution in [0.1, 0.15) is 20.7 Å². The SMILES string of the molecule is Cn1nc2cccc(N3C(=O)c4ccccc4C3=O)c2n1. The van der Waals surface area contributed by atoms with Crippen LogP contribution in [-0.4, -0.2) is 26.8 Å². The average molecular weight is 278 g/mol. The highest BCUT2D eigenvalue weighted by Gasteiger charge is 2.37. The monoisotopic (exact) mass is 278 g/mol. The zero-order valence-electron chi connectivity index (χ0n) is 11.1. The summed E-state index contributed by atoms with van der Waals surface area (Å²) in [5, 5.41) is 8.45. The molecule has 102 valence electrons. The number of rotatable bonds is 1. The van der Waals surface area contributed by atoms with Gasteiger partial charge >= 0.3 is 0 Å². The molecule has 0 N–H and O–H groups in total. The lowest BCUT2D eigenvalue weighted by molar-refractivity contribution is 0.0926. The van der Waals surface area contributed by atoms with E-state index in [1.54, 1.807) is 49.5 Å². The molecule has 1 aliphatic rings. The maximum absolute atomic E-state index is 12.5. The van der Waals surface area contributed by atoms with Crippen molar-refractivity contribution in [2.24, 2.45) is 7.05 Å². The highest BCUT2D eigenvalue weighted by Crippen LogP contribution is 2.31. The summed E-state index contributed by atoms with van der Waals surface area (Å²) in [6, 6.07) is 12.1. The second-order valence-electron chi connectivity index (χ2n) is 4.83. The molecule has 0 spiro atoms. The Labute approximate surface area is 119 Å². The van der Waals surface area contributed by atoms with Crippen molar-refractivity contribution in [3.8, 4) is 0 Å². The first-order valence-electron chi connectivity index (χ1n) is 6.44. The number of carbonyl (C=O) groups excluding carboxylic acids is 2. The molecule has 0 fully saturated rings. The fourth-order valence-electron chi connectivity index (χ4n) is 2.61.